The molecule has 0 atom stereocenters. The van der Waals surface area contributed by atoms with Crippen molar-refractivity contribution >= 4 is 17.6 Å². The molecule has 0 unspecified atom stereocenters. The van der Waals surface area contributed by atoms with E-state index in [1.54, 1.807) is 13.0 Å². The Kier molecular flexibility index (Phi) is 6.01. The molecule has 0 aliphatic carbocycles. The second-order valence-electron chi connectivity index (χ2n) is 3.62. The standard InChI is InChI=1S/C13H17ClO3/c1-2-17-13(16)12-10(7-4-8-14)5-3-6-11(12)9-15/h3,5-6,15H,2,4,7-9H2,1H3. The molecule has 0 heterocycles. The third-order valence-corrected chi connectivity index (χ3v) is 2.73. The van der Waals surface area contributed by atoms with Crippen molar-refractivity contribution in [3.8, 4) is 0 Å². The van der Waals surface area contributed by atoms with E-state index in [1.165, 1.54) is 0 Å². The first-order valence-corrected chi connectivity index (χ1v) is 6.22. The van der Waals surface area contributed by atoms with Crippen LogP contribution in [0.1, 0.15) is 34.8 Å². The highest BCUT2D eigenvalue weighted by atomic mass is 35.5. The van der Waals surface area contributed by atoms with Crippen LogP contribution in [-0.2, 0) is 17.8 Å². The van der Waals surface area contributed by atoms with Crippen molar-refractivity contribution in [2.24, 2.45) is 0 Å². The number of alkyl halides is 1. The number of halogens is 1. The van der Waals surface area contributed by atoms with Gasteiger partial charge in [-0.1, -0.05) is 18.2 Å². The number of aliphatic hydroxyl groups excluding tert-OH is 1. The van der Waals surface area contributed by atoms with Gasteiger partial charge in [0.2, 0.25) is 0 Å². The maximum atomic E-state index is 11.8. The molecule has 1 rings (SSSR count). The van der Waals surface area contributed by atoms with Crippen LogP contribution >= 0.6 is 11.6 Å². The van der Waals surface area contributed by atoms with Gasteiger partial charge >= 0.3 is 5.97 Å². The van der Waals surface area contributed by atoms with Crippen molar-refractivity contribution in [2.75, 3.05) is 12.5 Å². The summed E-state index contributed by atoms with van der Waals surface area (Å²) in [5.74, 6) is 0.174. The largest absolute Gasteiger partial charge is 0.462 e. The summed E-state index contributed by atoms with van der Waals surface area (Å²) in [4.78, 5) is 11.8. The van der Waals surface area contributed by atoms with Gasteiger partial charge in [-0.15, -0.1) is 11.6 Å². The molecule has 0 aromatic heterocycles. The molecule has 0 spiro atoms. The average molecular weight is 257 g/mol. The summed E-state index contributed by atoms with van der Waals surface area (Å²) < 4.78 is 5.01. The Hall–Kier alpha value is -1.06. The number of benzene rings is 1. The molecule has 0 radical (unpaired) electrons. The van der Waals surface area contributed by atoms with E-state index in [-0.39, 0.29) is 12.6 Å². The second-order valence-corrected chi connectivity index (χ2v) is 4.00. The Balaban J connectivity index is 3.06. The minimum Gasteiger partial charge on any atom is -0.462 e. The van der Waals surface area contributed by atoms with Crippen LogP contribution in [-0.4, -0.2) is 23.6 Å². The van der Waals surface area contributed by atoms with Crippen LogP contribution in [0.25, 0.3) is 0 Å². The molecule has 1 aromatic carbocycles. The van der Waals surface area contributed by atoms with Crippen LogP contribution in [0.5, 0.6) is 0 Å². The van der Waals surface area contributed by atoms with Gasteiger partial charge < -0.3 is 9.84 Å². The molecule has 1 N–H and O–H groups in total. The van der Waals surface area contributed by atoms with Crippen LogP contribution in [0.4, 0.5) is 0 Å². The molecule has 0 bridgehead atoms. The van der Waals surface area contributed by atoms with Gasteiger partial charge in [-0.3, -0.25) is 0 Å². The zero-order valence-electron chi connectivity index (χ0n) is 9.91. The third kappa shape index (κ3) is 3.72. The van der Waals surface area contributed by atoms with Gasteiger partial charge in [0, 0.05) is 5.88 Å². The lowest BCUT2D eigenvalue weighted by atomic mass is 9.98. The lowest BCUT2D eigenvalue weighted by Gasteiger charge is -2.12. The zero-order valence-corrected chi connectivity index (χ0v) is 10.7. The fourth-order valence-electron chi connectivity index (χ4n) is 1.72. The van der Waals surface area contributed by atoms with Crippen molar-refractivity contribution in [3.05, 3.63) is 34.9 Å². The summed E-state index contributed by atoms with van der Waals surface area (Å²) in [6.07, 6.45) is 1.51. The van der Waals surface area contributed by atoms with E-state index in [0.717, 1.165) is 12.0 Å². The summed E-state index contributed by atoms with van der Waals surface area (Å²) in [5.41, 5.74) is 1.98. The first kappa shape index (κ1) is 14.0. The van der Waals surface area contributed by atoms with E-state index in [9.17, 15) is 9.90 Å². The Morgan fingerprint density at radius 1 is 1.41 bits per heavy atom. The van der Waals surface area contributed by atoms with E-state index in [0.29, 0.717) is 30.0 Å². The maximum absolute atomic E-state index is 11.8. The Bertz CT molecular complexity index is 377. The number of carbonyl (C=O) groups excluding carboxylic acids is 1. The molecule has 4 heteroatoms. The number of ether oxygens (including phenoxy) is 1. The highest BCUT2D eigenvalue weighted by Gasteiger charge is 2.16. The van der Waals surface area contributed by atoms with E-state index >= 15 is 0 Å². The molecular weight excluding hydrogens is 240 g/mol. The number of hydrogen-bond donors (Lipinski definition) is 1. The molecule has 0 saturated heterocycles. The average Bonchev–Trinajstić information content (AvgIpc) is 2.35. The smallest absolute Gasteiger partial charge is 0.338 e. The number of esters is 1. The molecule has 0 aliphatic heterocycles. The van der Waals surface area contributed by atoms with Crippen LogP contribution < -0.4 is 0 Å². The molecule has 0 saturated carbocycles. The van der Waals surface area contributed by atoms with Crippen molar-refractivity contribution in [2.45, 2.75) is 26.4 Å². The normalized spacial score (nSPS) is 10.3. The van der Waals surface area contributed by atoms with E-state index in [2.05, 4.69) is 0 Å². The first-order chi connectivity index (χ1) is 8.24. The second kappa shape index (κ2) is 7.30. The summed E-state index contributed by atoms with van der Waals surface area (Å²) in [5, 5.41) is 9.25. The van der Waals surface area contributed by atoms with Crippen molar-refractivity contribution in [3.63, 3.8) is 0 Å². The maximum Gasteiger partial charge on any atom is 0.338 e. The van der Waals surface area contributed by atoms with Gasteiger partial charge in [-0.05, 0) is 30.9 Å². The molecule has 0 amide bonds. The Morgan fingerprint density at radius 2 is 2.12 bits per heavy atom. The van der Waals surface area contributed by atoms with Crippen molar-refractivity contribution in [1.82, 2.24) is 0 Å². The predicted molar refractivity (Wildman–Crippen MR) is 67.4 cm³/mol. The van der Waals surface area contributed by atoms with E-state index < -0.39 is 0 Å². The monoisotopic (exact) mass is 256 g/mol. The number of carbonyl (C=O) groups is 1. The lowest BCUT2D eigenvalue weighted by Crippen LogP contribution is -2.12. The first-order valence-electron chi connectivity index (χ1n) is 5.69. The number of aliphatic hydroxyl groups is 1. The quantitative estimate of drug-likeness (QED) is 0.628. The molecule has 17 heavy (non-hydrogen) atoms. The van der Waals surface area contributed by atoms with Crippen LogP contribution in [0.3, 0.4) is 0 Å². The molecule has 0 aliphatic rings. The van der Waals surface area contributed by atoms with Crippen molar-refractivity contribution in [1.29, 1.82) is 0 Å². The number of rotatable bonds is 6. The van der Waals surface area contributed by atoms with Gasteiger partial charge in [-0.2, -0.15) is 0 Å². The molecule has 94 valence electrons. The summed E-state index contributed by atoms with van der Waals surface area (Å²) in [6.45, 7) is 1.92. The molecule has 0 fully saturated rings. The van der Waals surface area contributed by atoms with E-state index in [1.807, 2.05) is 12.1 Å². The minimum atomic E-state index is -0.373. The van der Waals surface area contributed by atoms with Crippen molar-refractivity contribution < 1.29 is 14.6 Å². The van der Waals surface area contributed by atoms with E-state index in [4.69, 9.17) is 16.3 Å². The number of hydrogen-bond acceptors (Lipinski definition) is 3. The fraction of sp³-hybridized carbons (Fsp3) is 0.462. The molecule has 3 nitrogen and oxygen atoms in total. The van der Waals surface area contributed by atoms with Gasteiger partial charge in [0.15, 0.2) is 0 Å². The fourth-order valence-corrected chi connectivity index (χ4v) is 1.85. The zero-order chi connectivity index (χ0) is 12.7. The van der Waals surface area contributed by atoms with Gasteiger partial charge in [0.05, 0.1) is 18.8 Å². The highest BCUT2D eigenvalue weighted by molar-refractivity contribution is 6.17. The van der Waals surface area contributed by atoms with Gasteiger partial charge in [-0.25, -0.2) is 4.79 Å². The molecule has 1 aromatic rings. The molecular formula is C13H17ClO3. The number of aryl methyl sites for hydroxylation is 1. The topological polar surface area (TPSA) is 46.5 Å². The third-order valence-electron chi connectivity index (χ3n) is 2.47. The predicted octanol–water partition coefficient (Wildman–Crippen LogP) is 2.53. The highest BCUT2D eigenvalue weighted by Crippen LogP contribution is 2.18. The SMILES string of the molecule is CCOC(=O)c1c(CO)cccc1CCCCl. The van der Waals surface area contributed by atoms with Gasteiger partial charge in [0.1, 0.15) is 0 Å². The Labute approximate surface area is 106 Å². The Morgan fingerprint density at radius 3 is 2.71 bits per heavy atom. The summed E-state index contributed by atoms with van der Waals surface area (Å²) in [6, 6.07) is 5.44. The summed E-state index contributed by atoms with van der Waals surface area (Å²) in [7, 11) is 0. The van der Waals surface area contributed by atoms with Gasteiger partial charge in [0.25, 0.3) is 0 Å². The lowest BCUT2D eigenvalue weighted by molar-refractivity contribution is 0.0521. The van der Waals surface area contributed by atoms with Crippen LogP contribution in [0.15, 0.2) is 18.2 Å². The summed E-state index contributed by atoms with van der Waals surface area (Å²) >= 11 is 5.65. The van der Waals surface area contributed by atoms with Crippen LogP contribution in [0, 0.1) is 0 Å². The minimum absolute atomic E-state index is 0.164. The van der Waals surface area contributed by atoms with Crippen LogP contribution in [0.2, 0.25) is 0 Å².